The van der Waals surface area contributed by atoms with E-state index in [4.69, 9.17) is 4.74 Å². The molecule has 1 N–H and O–H groups in total. The molecular weight excluding hydrogens is 268 g/mol. The maximum atomic E-state index is 12.5. The molecule has 1 amide bonds. The van der Waals surface area contributed by atoms with Gasteiger partial charge in [0.25, 0.3) is 5.91 Å². The second-order valence-corrected chi connectivity index (χ2v) is 5.17. The zero-order valence-corrected chi connectivity index (χ0v) is 12.2. The van der Waals surface area contributed by atoms with Gasteiger partial charge in [-0.2, -0.15) is 0 Å². The van der Waals surface area contributed by atoms with Crippen molar-refractivity contribution in [2.24, 2.45) is 0 Å². The molecule has 1 aromatic carbocycles. The molecular formula is C15H18N4O2. The van der Waals surface area contributed by atoms with E-state index in [1.54, 1.807) is 14.0 Å². The molecule has 1 fully saturated rings. The van der Waals surface area contributed by atoms with Gasteiger partial charge in [-0.05, 0) is 37.5 Å². The predicted molar refractivity (Wildman–Crippen MR) is 77.1 cm³/mol. The highest BCUT2D eigenvalue weighted by molar-refractivity contribution is 5.90. The van der Waals surface area contributed by atoms with Gasteiger partial charge in [-0.3, -0.25) is 9.89 Å². The number of hydrogen-bond donors (Lipinski definition) is 1. The van der Waals surface area contributed by atoms with E-state index in [2.05, 4.69) is 15.2 Å². The zero-order chi connectivity index (χ0) is 14.8. The number of aromatic nitrogens is 3. The van der Waals surface area contributed by atoms with Crippen LogP contribution >= 0.6 is 0 Å². The highest BCUT2D eigenvalue weighted by Gasteiger charge is 2.32. The first kappa shape index (κ1) is 13.6. The summed E-state index contributed by atoms with van der Waals surface area (Å²) in [5.41, 5.74) is 1.12. The largest absolute Gasteiger partial charge is 0.497 e. The molecule has 0 bridgehead atoms. The standard InChI is InChI=1S/C15H18N4O2/c1-10-16-14(18-17-10)15(20)19-9-3-4-13(19)11-5-7-12(21-2)8-6-11/h5-8,13H,3-4,9H2,1-2H3,(H,16,17,18). The van der Waals surface area contributed by atoms with Gasteiger partial charge in [-0.1, -0.05) is 12.1 Å². The fraction of sp³-hybridized carbons (Fsp3) is 0.400. The predicted octanol–water partition coefficient (Wildman–Crippen LogP) is 2.10. The Kier molecular flexibility index (Phi) is 3.60. The average Bonchev–Trinajstić information content (AvgIpc) is 3.15. The monoisotopic (exact) mass is 286 g/mol. The Labute approximate surface area is 123 Å². The number of nitrogens with one attached hydrogen (secondary N) is 1. The molecule has 3 rings (SSSR count). The van der Waals surface area contributed by atoms with Crippen LogP contribution in [0.2, 0.25) is 0 Å². The van der Waals surface area contributed by atoms with Crippen LogP contribution in [0.5, 0.6) is 5.75 Å². The van der Waals surface area contributed by atoms with Gasteiger partial charge in [0, 0.05) is 6.54 Å². The summed E-state index contributed by atoms with van der Waals surface area (Å²) in [7, 11) is 1.64. The van der Waals surface area contributed by atoms with Crippen molar-refractivity contribution >= 4 is 5.91 Å². The summed E-state index contributed by atoms with van der Waals surface area (Å²) in [6, 6.07) is 7.96. The first-order valence-electron chi connectivity index (χ1n) is 7.03. The Balaban J connectivity index is 1.83. The maximum Gasteiger partial charge on any atom is 0.294 e. The lowest BCUT2D eigenvalue weighted by Gasteiger charge is -2.24. The number of ether oxygens (including phenoxy) is 1. The number of likely N-dealkylation sites (tertiary alicyclic amines) is 1. The number of hydrogen-bond acceptors (Lipinski definition) is 4. The van der Waals surface area contributed by atoms with Crippen molar-refractivity contribution in [1.82, 2.24) is 20.1 Å². The second kappa shape index (κ2) is 5.55. The van der Waals surface area contributed by atoms with Crippen LogP contribution in [-0.2, 0) is 0 Å². The lowest BCUT2D eigenvalue weighted by Crippen LogP contribution is -2.31. The molecule has 6 heteroatoms. The molecule has 6 nitrogen and oxygen atoms in total. The van der Waals surface area contributed by atoms with Gasteiger partial charge >= 0.3 is 0 Å². The summed E-state index contributed by atoms with van der Waals surface area (Å²) < 4.78 is 5.17. The van der Waals surface area contributed by atoms with Crippen LogP contribution in [0.4, 0.5) is 0 Å². The third kappa shape index (κ3) is 2.61. The highest BCUT2D eigenvalue weighted by atomic mass is 16.5. The molecule has 0 radical (unpaired) electrons. The molecule has 0 aliphatic carbocycles. The molecule has 110 valence electrons. The number of H-pyrrole nitrogens is 1. The number of aryl methyl sites for hydroxylation is 1. The van der Waals surface area contributed by atoms with Gasteiger partial charge in [0.05, 0.1) is 13.2 Å². The van der Waals surface area contributed by atoms with Crippen LogP contribution in [0.3, 0.4) is 0 Å². The minimum atomic E-state index is -0.113. The maximum absolute atomic E-state index is 12.5. The molecule has 0 saturated carbocycles. The van der Waals surface area contributed by atoms with E-state index in [1.165, 1.54) is 0 Å². The smallest absolute Gasteiger partial charge is 0.294 e. The number of amides is 1. The van der Waals surface area contributed by atoms with Crippen LogP contribution in [0.15, 0.2) is 24.3 Å². The third-order valence-corrected chi connectivity index (χ3v) is 3.80. The lowest BCUT2D eigenvalue weighted by atomic mass is 10.0. The molecule has 2 aromatic rings. The quantitative estimate of drug-likeness (QED) is 0.938. The van der Waals surface area contributed by atoms with E-state index in [1.807, 2.05) is 29.2 Å². The van der Waals surface area contributed by atoms with E-state index in [-0.39, 0.29) is 17.8 Å². The van der Waals surface area contributed by atoms with Crippen LogP contribution in [0.25, 0.3) is 0 Å². The second-order valence-electron chi connectivity index (χ2n) is 5.17. The Morgan fingerprint density at radius 2 is 2.14 bits per heavy atom. The summed E-state index contributed by atoms with van der Waals surface area (Å²) >= 11 is 0. The van der Waals surface area contributed by atoms with Crippen molar-refractivity contribution in [2.75, 3.05) is 13.7 Å². The Hall–Kier alpha value is -2.37. The number of nitrogens with zero attached hydrogens (tertiary/aromatic N) is 3. The zero-order valence-electron chi connectivity index (χ0n) is 12.2. The highest BCUT2D eigenvalue weighted by Crippen LogP contribution is 2.33. The van der Waals surface area contributed by atoms with Crippen LogP contribution in [0, 0.1) is 6.92 Å². The normalized spacial score (nSPS) is 18.0. The third-order valence-electron chi connectivity index (χ3n) is 3.80. The number of benzene rings is 1. The lowest BCUT2D eigenvalue weighted by molar-refractivity contribution is 0.0723. The molecule has 1 aliphatic rings. The number of methoxy groups -OCH3 is 1. The number of carbonyl (C=O) groups excluding carboxylic acids is 1. The molecule has 1 unspecified atom stereocenters. The molecule has 1 aliphatic heterocycles. The van der Waals surface area contributed by atoms with E-state index >= 15 is 0 Å². The number of rotatable bonds is 3. The summed E-state index contributed by atoms with van der Waals surface area (Å²) in [6.45, 7) is 2.53. The Bertz CT molecular complexity index is 635. The average molecular weight is 286 g/mol. The van der Waals surface area contributed by atoms with Crippen LogP contribution in [0.1, 0.15) is 40.9 Å². The SMILES string of the molecule is COc1ccc(C2CCCN2C(=O)c2n[nH]c(C)n2)cc1. The molecule has 2 heterocycles. The van der Waals surface area contributed by atoms with Gasteiger partial charge in [0.2, 0.25) is 5.82 Å². The molecule has 1 atom stereocenters. The Morgan fingerprint density at radius 1 is 1.38 bits per heavy atom. The van der Waals surface area contributed by atoms with E-state index in [9.17, 15) is 4.79 Å². The minimum Gasteiger partial charge on any atom is -0.497 e. The van der Waals surface area contributed by atoms with Gasteiger partial charge in [-0.15, -0.1) is 5.10 Å². The number of aromatic amines is 1. The molecule has 1 saturated heterocycles. The summed E-state index contributed by atoms with van der Waals surface area (Å²) in [5.74, 6) is 1.60. The van der Waals surface area contributed by atoms with E-state index < -0.39 is 0 Å². The summed E-state index contributed by atoms with van der Waals surface area (Å²) in [5, 5.41) is 6.69. The number of carbonyl (C=O) groups is 1. The topological polar surface area (TPSA) is 71.1 Å². The van der Waals surface area contributed by atoms with Crippen LogP contribution < -0.4 is 4.74 Å². The minimum absolute atomic E-state index is 0.0854. The summed E-state index contributed by atoms with van der Waals surface area (Å²) in [6.07, 6.45) is 1.95. The van der Waals surface area contributed by atoms with Crippen molar-refractivity contribution in [2.45, 2.75) is 25.8 Å². The molecule has 0 spiro atoms. The molecule has 21 heavy (non-hydrogen) atoms. The van der Waals surface area contributed by atoms with E-state index in [0.29, 0.717) is 5.82 Å². The summed E-state index contributed by atoms with van der Waals surface area (Å²) in [4.78, 5) is 18.5. The first-order chi connectivity index (χ1) is 10.2. The van der Waals surface area contributed by atoms with Crippen molar-refractivity contribution in [3.8, 4) is 5.75 Å². The van der Waals surface area contributed by atoms with Crippen molar-refractivity contribution in [3.05, 3.63) is 41.5 Å². The van der Waals surface area contributed by atoms with Crippen molar-refractivity contribution in [3.63, 3.8) is 0 Å². The Morgan fingerprint density at radius 3 is 2.76 bits per heavy atom. The fourth-order valence-corrected chi connectivity index (χ4v) is 2.75. The van der Waals surface area contributed by atoms with Gasteiger partial charge in [-0.25, -0.2) is 4.98 Å². The van der Waals surface area contributed by atoms with Crippen molar-refractivity contribution < 1.29 is 9.53 Å². The van der Waals surface area contributed by atoms with E-state index in [0.717, 1.165) is 30.7 Å². The first-order valence-corrected chi connectivity index (χ1v) is 7.03. The van der Waals surface area contributed by atoms with Gasteiger partial charge in [0.1, 0.15) is 11.6 Å². The molecule has 1 aromatic heterocycles. The van der Waals surface area contributed by atoms with Crippen LogP contribution in [-0.4, -0.2) is 39.6 Å². The van der Waals surface area contributed by atoms with Gasteiger partial charge in [0.15, 0.2) is 0 Å². The van der Waals surface area contributed by atoms with Crippen molar-refractivity contribution in [1.29, 1.82) is 0 Å². The fourth-order valence-electron chi connectivity index (χ4n) is 2.75. The van der Waals surface area contributed by atoms with Gasteiger partial charge < -0.3 is 9.64 Å².